The monoisotopic (exact) mass is 432 g/mol. The van der Waals surface area contributed by atoms with Crippen LogP contribution in [0.4, 0.5) is 5.69 Å². The molecule has 0 saturated carbocycles. The van der Waals surface area contributed by atoms with Crippen LogP contribution in [0.3, 0.4) is 0 Å². The third kappa shape index (κ3) is 5.67. The Labute approximate surface area is 178 Å². The number of rotatable bonds is 9. The summed E-state index contributed by atoms with van der Waals surface area (Å²) in [6, 6.07) is 11.6. The van der Waals surface area contributed by atoms with E-state index >= 15 is 0 Å². The Bertz CT molecular complexity index is 997. The Morgan fingerprint density at radius 3 is 2.20 bits per heavy atom. The summed E-state index contributed by atoms with van der Waals surface area (Å²) in [7, 11) is -2.17. The SMILES string of the molecule is CCN(CC)S(=O)(=O)c1ccc(CCC(=O)Nc2ccc(C(=O)OC)cc2C)cc1. The maximum absolute atomic E-state index is 12.5. The van der Waals surface area contributed by atoms with Gasteiger partial charge in [0.2, 0.25) is 15.9 Å². The zero-order valence-electron chi connectivity index (χ0n) is 17.8. The highest BCUT2D eigenvalue weighted by Crippen LogP contribution is 2.19. The summed E-state index contributed by atoms with van der Waals surface area (Å²) in [5.41, 5.74) is 2.69. The number of esters is 1. The number of hydrogen-bond acceptors (Lipinski definition) is 5. The van der Waals surface area contributed by atoms with Gasteiger partial charge in [0, 0.05) is 25.2 Å². The van der Waals surface area contributed by atoms with Crippen molar-refractivity contribution in [2.24, 2.45) is 0 Å². The van der Waals surface area contributed by atoms with Gasteiger partial charge in [0.15, 0.2) is 0 Å². The molecule has 2 aromatic rings. The number of anilines is 1. The Morgan fingerprint density at radius 2 is 1.67 bits per heavy atom. The number of amides is 1. The zero-order chi connectivity index (χ0) is 22.3. The van der Waals surface area contributed by atoms with Crippen LogP contribution in [0.5, 0.6) is 0 Å². The number of carbonyl (C=O) groups is 2. The molecule has 0 heterocycles. The van der Waals surface area contributed by atoms with Crippen molar-refractivity contribution in [2.75, 3.05) is 25.5 Å². The van der Waals surface area contributed by atoms with Crippen molar-refractivity contribution in [3.63, 3.8) is 0 Å². The van der Waals surface area contributed by atoms with Crippen molar-refractivity contribution >= 4 is 27.6 Å². The van der Waals surface area contributed by atoms with E-state index in [1.807, 2.05) is 0 Å². The predicted molar refractivity (Wildman–Crippen MR) is 116 cm³/mol. The number of ether oxygens (including phenoxy) is 1. The molecule has 2 rings (SSSR count). The first-order chi connectivity index (χ1) is 14.2. The number of nitrogens with one attached hydrogen (secondary N) is 1. The Hall–Kier alpha value is -2.71. The van der Waals surface area contributed by atoms with E-state index in [4.69, 9.17) is 0 Å². The first-order valence-electron chi connectivity index (χ1n) is 9.80. The van der Waals surface area contributed by atoms with Gasteiger partial charge >= 0.3 is 5.97 Å². The fraction of sp³-hybridized carbons (Fsp3) is 0.364. The second-order valence-corrected chi connectivity index (χ2v) is 8.74. The third-order valence-corrected chi connectivity index (χ3v) is 6.89. The van der Waals surface area contributed by atoms with E-state index in [0.717, 1.165) is 11.1 Å². The van der Waals surface area contributed by atoms with Gasteiger partial charge in [0.05, 0.1) is 17.6 Å². The van der Waals surface area contributed by atoms with Gasteiger partial charge in [0.1, 0.15) is 0 Å². The minimum Gasteiger partial charge on any atom is -0.465 e. The van der Waals surface area contributed by atoms with Crippen LogP contribution >= 0.6 is 0 Å². The molecule has 0 atom stereocenters. The van der Waals surface area contributed by atoms with Crippen molar-refractivity contribution in [3.8, 4) is 0 Å². The van der Waals surface area contributed by atoms with Gasteiger partial charge in [-0.05, 0) is 54.8 Å². The number of hydrogen-bond donors (Lipinski definition) is 1. The molecule has 0 aliphatic rings. The quantitative estimate of drug-likeness (QED) is 0.613. The zero-order valence-corrected chi connectivity index (χ0v) is 18.6. The van der Waals surface area contributed by atoms with Crippen molar-refractivity contribution in [1.29, 1.82) is 0 Å². The molecule has 0 saturated heterocycles. The van der Waals surface area contributed by atoms with E-state index in [2.05, 4.69) is 10.1 Å². The van der Waals surface area contributed by atoms with Crippen LogP contribution in [0.15, 0.2) is 47.4 Å². The van der Waals surface area contributed by atoms with Crippen LogP contribution in [0.1, 0.15) is 41.8 Å². The number of benzene rings is 2. The molecule has 0 unspecified atom stereocenters. The van der Waals surface area contributed by atoms with E-state index in [-0.39, 0.29) is 17.2 Å². The van der Waals surface area contributed by atoms with Crippen LogP contribution in [-0.2, 0) is 26.0 Å². The lowest BCUT2D eigenvalue weighted by Crippen LogP contribution is -2.30. The van der Waals surface area contributed by atoms with E-state index in [9.17, 15) is 18.0 Å². The predicted octanol–water partition coefficient (Wildman–Crippen LogP) is 3.38. The molecule has 2 aromatic carbocycles. The highest BCUT2D eigenvalue weighted by Gasteiger charge is 2.21. The smallest absolute Gasteiger partial charge is 0.337 e. The molecule has 0 radical (unpaired) electrons. The molecule has 1 amide bonds. The maximum atomic E-state index is 12.5. The van der Waals surface area contributed by atoms with Crippen molar-refractivity contribution in [3.05, 3.63) is 59.2 Å². The fourth-order valence-electron chi connectivity index (χ4n) is 3.06. The van der Waals surface area contributed by atoms with Crippen molar-refractivity contribution in [1.82, 2.24) is 4.31 Å². The number of carbonyl (C=O) groups excluding carboxylic acids is 2. The normalized spacial score (nSPS) is 11.4. The average Bonchev–Trinajstić information content (AvgIpc) is 2.74. The first-order valence-corrected chi connectivity index (χ1v) is 11.2. The van der Waals surface area contributed by atoms with Crippen LogP contribution < -0.4 is 5.32 Å². The second-order valence-electron chi connectivity index (χ2n) is 6.80. The van der Waals surface area contributed by atoms with E-state index in [1.165, 1.54) is 11.4 Å². The van der Waals surface area contributed by atoms with Crippen molar-refractivity contribution < 1.29 is 22.7 Å². The molecule has 8 heteroatoms. The highest BCUT2D eigenvalue weighted by atomic mass is 32.2. The molecule has 0 aliphatic carbocycles. The summed E-state index contributed by atoms with van der Waals surface area (Å²) in [4.78, 5) is 24.1. The summed E-state index contributed by atoms with van der Waals surface area (Å²) in [6.45, 7) is 6.25. The molecule has 30 heavy (non-hydrogen) atoms. The maximum Gasteiger partial charge on any atom is 0.337 e. The molecule has 0 aliphatic heterocycles. The minimum atomic E-state index is -3.49. The standard InChI is InChI=1S/C22H28N2O5S/c1-5-24(6-2)30(27,28)19-11-7-17(8-12-19)9-14-21(25)23-20-13-10-18(15-16(20)3)22(26)29-4/h7-8,10-13,15H,5-6,9,14H2,1-4H3,(H,23,25). The van der Waals surface area contributed by atoms with Gasteiger partial charge in [-0.1, -0.05) is 26.0 Å². The largest absolute Gasteiger partial charge is 0.465 e. The summed E-state index contributed by atoms with van der Waals surface area (Å²) < 4.78 is 31.1. The molecule has 162 valence electrons. The average molecular weight is 433 g/mol. The lowest BCUT2D eigenvalue weighted by Gasteiger charge is -2.18. The fourth-order valence-corrected chi connectivity index (χ4v) is 4.52. The van der Waals surface area contributed by atoms with E-state index in [1.54, 1.807) is 63.2 Å². The Morgan fingerprint density at radius 1 is 1.03 bits per heavy atom. The number of sulfonamides is 1. The molecule has 0 bridgehead atoms. The van der Waals surface area contributed by atoms with Crippen LogP contribution in [-0.4, -0.2) is 44.8 Å². The van der Waals surface area contributed by atoms with Gasteiger partial charge in [-0.3, -0.25) is 4.79 Å². The summed E-state index contributed by atoms with van der Waals surface area (Å²) in [5, 5.41) is 2.84. The summed E-state index contributed by atoms with van der Waals surface area (Å²) >= 11 is 0. The van der Waals surface area contributed by atoms with E-state index < -0.39 is 16.0 Å². The van der Waals surface area contributed by atoms with Gasteiger partial charge < -0.3 is 10.1 Å². The van der Waals surface area contributed by atoms with Gasteiger partial charge in [-0.25, -0.2) is 13.2 Å². The van der Waals surface area contributed by atoms with Crippen LogP contribution in [0.25, 0.3) is 0 Å². The van der Waals surface area contributed by atoms with Gasteiger partial charge in [-0.2, -0.15) is 4.31 Å². The lowest BCUT2D eigenvalue weighted by atomic mass is 10.1. The minimum absolute atomic E-state index is 0.163. The topological polar surface area (TPSA) is 92.8 Å². The molecular weight excluding hydrogens is 404 g/mol. The molecular formula is C22H28N2O5S. The third-order valence-electron chi connectivity index (χ3n) is 4.83. The van der Waals surface area contributed by atoms with Gasteiger partial charge in [0.25, 0.3) is 0 Å². The molecule has 0 fully saturated rings. The van der Waals surface area contributed by atoms with E-state index in [0.29, 0.717) is 30.8 Å². The highest BCUT2D eigenvalue weighted by molar-refractivity contribution is 7.89. The van der Waals surface area contributed by atoms with Gasteiger partial charge in [-0.15, -0.1) is 0 Å². The number of aryl methyl sites for hydroxylation is 2. The van der Waals surface area contributed by atoms with Crippen LogP contribution in [0, 0.1) is 6.92 Å². The Balaban J connectivity index is 1.98. The number of methoxy groups -OCH3 is 1. The van der Waals surface area contributed by atoms with Crippen LogP contribution in [0.2, 0.25) is 0 Å². The molecule has 0 aromatic heterocycles. The molecule has 7 nitrogen and oxygen atoms in total. The summed E-state index contributed by atoms with van der Waals surface area (Å²) in [6.07, 6.45) is 0.733. The second kappa shape index (κ2) is 10.4. The molecule has 1 N–H and O–H groups in total. The molecule has 0 spiro atoms. The number of nitrogens with zero attached hydrogens (tertiary/aromatic N) is 1. The lowest BCUT2D eigenvalue weighted by molar-refractivity contribution is -0.116. The summed E-state index contributed by atoms with van der Waals surface area (Å²) in [5.74, 6) is -0.591. The first kappa shape index (κ1) is 23.6. The van der Waals surface area contributed by atoms with Crippen molar-refractivity contribution in [2.45, 2.75) is 38.5 Å². The Kier molecular flexibility index (Phi) is 8.14.